The molecule has 0 aliphatic rings. The third-order valence-corrected chi connectivity index (χ3v) is 1.90. The molecule has 0 aliphatic carbocycles. The summed E-state index contributed by atoms with van der Waals surface area (Å²) < 4.78 is 4.42. The lowest BCUT2D eigenvalue weighted by Gasteiger charge is -2.13. The zero-order valence-electron chi connectivity index (χ0n) is 6.41. The Hall–Kier alpha value is -0.0300. The van der Waals surface area contributed by atoms with Crippen molar-refractivity contribution in [1.82, 2.24) is 5.32 Å². The number of carbonyl (C=O) groups is 1. The van der Waals surface area contributed by atoms with Crippen molar-refractivity contribution in [2.75, 3.05) is 18.6 Å². The minimum Gasteiger partial charge on any atom is -0.453 e. The van der Waals surface area contributed by atoms with Crippen LogP contribution in [0.3, 0.4) is 0 Å². The Morgan fingerprint density at radius 1 is 1.64 bits per heavy atom. The molecular formula is C6H13NO2S2. The quantitative estimate of drug-likeness (QED) is 0.585. The molecule has 0 aromatic heterocycles. The van der Waals surface area contributed by atoms with Gasteiger partial charge in [0, 0.05) is 11.8 Å². The molecule has 0 aromatic rings. The predicted octanol–water partition coefficient (Wildman–Crippen LogP) is 0.961. The molecule has 11 heavy (non-hydrogen) atoms. The molecule has 0 aliphatic heterocycles. The number of ether oxygens (including phenoxy) is 1. The van der Waals surface area contributed by atoms with Gasteiger partial charge in [0.25, 0.3) is 0 Å². The molecular weight excluding hydrogens is 182 g/mol. The van der Waals surface area contributed by atoms with E-state index in [-0.39, 0.29) is 6.04 Å². The number of hydrogen-bond donors (Lipinski definition) is 3. The van der Waals surface area contributed by atoms with Crippen molar-refractivity contribution >= 4 is 31.4 Å². The van der Waals surface area contributed by atoms with Gasteiger partial charge in [0.05, 0.1) is 7.11 Å². The summed E-state index contributed by atoms with van der Waals surface area (Å²) in [5.41, 5.74) is 0. The average Bonchev–Trinajstić information content (AvgIpc) is 2.03. The first-order valence-corrected chi connectivity index (χ1v) is 4.57. The molecule has 0 radical (unpaired) electrons. The number of alkyl carbamates (subject to hydrolysis) is 1. The van der Waals surface area contributed by atoms with Crippen LogP contribution in [0.25, 0.3) is 0 Å². The van der Waals surface area contributed by atoms with Crippen LogP contribution >= 0.6 is 25.3 Å². The monoisotopic (exact) mass is 195 g/mol. The van der Waals surface area contributed by atoms with Gasteiger partial charge in [-0.1, -0.05) is 0 Å². The smallest absolute Gasteiger partial charge is 0.407 e. The van der Waals surface area contributed by atoms with E-state index < -0.39 is 6.09 Å². The molecule has 0 aromatic carbocycles. The molecule has 0 saturated heterocycles. The van der Waals surface area contributed by atoms with Crippen molar-refractivity contribution < 1.29 is 9.53 Å². The molecule has 0 saturated carbocycles. The zero-order valence-corrected chi connectivity index (χ0v) is 8.20. The van der Waals surface area contributed by atoms with Crippen molar-refractivity contribution in [3.05, 3.63) is 0 Å². The Balaban J connectivity index is 3.58. The highest BCUT2D eigenvalue weighted by Crippen LogP contribution is 1.96. The number of carbonyl (C=O) groups excluding carboxylic acids is 1. The fourth-order valence-corrected chi connectivity index (χ4v) is 1.18. The lowest BCUT2D eigenvalue weighted by molar-refractivity contribution is 0.167. The van der Waals surface area contributed by atoms with E-state index in [0.717, 1.165) is 12.2 Å². The summed E-state index contributed by atoms with van der Waals surface area (Å²) in [5.74, 6) is 1.34. The van der Waals surface area contributed by atoms with E-state index in [4.69, 9.17) is 0 Å². The van der Waals surface area contributed by atoms with E-state index in [0.29, 0.717) is 5.75 Å². The van der Waals surface area contributed by atoms with Gasteiger partial charge in [-0.15, -0.1) is 0 Å². The molecule has 66 valence electrons. The molecule has 1 N–H and O–H groups in total. The van der Waals surface area contributed by atoms with E-state index in [9.17, 15) is 4.79 Å². The molecule has 3 nitrogen and oxygen atoms in total. The number of methoxy groups -OCH3 is 1. The van der Waals surface area contributed by atoms with E-state index >= 15 is 0 Å². The Morgan fingerprint density at radius 3 is 2.64 bits per heavy atom. The summed E-state index contributed by atoms with van der Waals surface area (Å²) in [7, 11) is 1.34. The molecule has 1 unspecified atom stereocenters. The second-order valence-electron chi connectivity index (χ2n) is 2.03. The van der Waals surface area contributed by atoms with E-state index in [1.807, 2.05) is 0 Å². The summed E-state index contributed by atoms with van der Waals surface area (Å²) in [5, 5.41) is 2.63. The van der Waals surface area contributed by atoms with Crippen molar-refractivity contribution in [2.24, 2.45) is 0 Å². The highest BCUT2D eigenvalue weighted by Gasteiger charge is 2.08. The summed E-state index contributed by atoms with van der Waals surface area (Å²) in [6.45, 7) is 0. The Morgan fingerprint density at radius 2 is 2.27 bits per heavy atom. The third kappa shape index (κ3) is 5.26. The van der Waals surface area contributed by atoms with E-state index in [1.165, 1.54) is 7.11 Å². The van der Waals surface area contributed by atoms with Crippen LogP contribution < -0.4 is 5.32 Å². The van der Waals surface area contributed by atoms with Crippen LogP contribution in [0.2, 0.25) is 0 Å². The van der Waals surface area contributed by atoms with Crippen molar-refractivity contribution in [3.8, 4) is 0 Å². The lowest BCUT2D eigenvalue weighted by Crippen LogP contribution is -2.36. The number of amides is 1. The van der Waals surface area contributed by atoms with Gasteiger partial charge >= 0.3 is 6.09 Å². The van der Waals surface area contributed by atoms with Gasteiger partial charge in [-0.05, 0) is 12.2 Å². The molecule has 0 rings (SSSR count). The van der Waals surface area contributed by atoms with Crippen LogP contribution in [-0.4, -0.2) is 30.8 Å². The predicted molar refractivity (Wildman–Crippen MR) is 51.7 cm³/mol. The molecule has 0 heterocycles. The second kappa shape index (κ2) is 6.67. The van der Waals surface area contributed by atoms with Gasteiger partial charge in [-0.3, -0.25) is 0 Å². The van der Waals surface area contributed by atoms with Crippen molar-refractivity contribution in [3.63, 3.8) is 0 Å². The fourth-order valence-electron chi connectivity index (χ4n) is 0.591. The van der Waals surface area contributed by atoms with Gasteiger partial charge in [0.1, 0.15) is 0 Å². The molecule has 0 bridgehead atoms. The maximum atomic E-state index is 10.7. The van der Waals surface area contributed by atoms with Crippen LogP contribution in [0.5, 0.6) is 0 Å². The average molecular weight is 195 g/mol. The van der Waals surface area contributed by atoms with Crippen LogP contribution in [0.4, 0.5) is 4.79 Å². The van der Waals surface area contributed by atoms with Gasteiger partial charge in [-0.2, -0.15) is 25.3 Å². The maximum Gasteiger partial charge on any atom is 0.407 e. The Bertz CT molecular complexity index is 121. The summed E-state index contributed by atoms with van der Waals surface area (Å²) in [6, 6.07) is 0.0586. The zero-order chi connectivity index (χ0) is 8.69. The number of hydrogen-bond acceptors (Lipinski definition) is 4. The molecule has 1 atom stereocenters. The van der Waals surface area contributed by atoms with E-state index in [2.05, 4.69) is 35.3 Å². The largest absolute Gasteiger partial charge is 0.453 e. The highest BCUT2D eigenvalue weighted by molar-refractivity contribution is 7.80. The van der Waals surface area contributed by atoms with Crippen molar-refractivity contribution in [2.45, 2.75) is 12.5 Å². The number of thiol groups is 2. The first-order valence-electron chi connectivity index (χ1n) is 3.30. The topological polar surface area (TPSA) is 38.3 Å². The minimum absolute atomic E-state index is 0.0586. The first-order chi connectivity index (χ1) is 5.24. The Labute approximate surface area is 77.7 Å². The normalized spacial score (nSPS) is 12.3. The Kier molecular flexibility index (Phi) is 6.65. The van der Waals surface area contributed by atoms with Gasteiger partial charge in [0.2, 0.25) is 0 Å². The van der Waals surface area contributed by atoms with E-state index in [1.54, 1.807) is 0 Å². The summed E-state index contributed by atoms with van der Waals surface area (Å²) in [4.78, 5) is 10.7. The molecule has 1 amide bonds. The van der Waals surface area contributed by atoms with Gasteiger partial charge < -0.3 is 10.1 Å². The minimum atomic E-state index is -0.411. The van der Waals surface area contributed by atoms with Crippen LogP contribution in [0.15, 0.2) is 0 Å². The summed E-state index contributed by atoms with van der Waals surface area (Å²) in [6.07, 6.45) is 0.396. The van der Waals surface area contributed by atoms with Crippen LogP contribution in [0, 0.1) is 0 Å². The SMILES string of the molecule is COC(=O)NC(CS)CCS. The standard InChI is InChI=1S/C6H13NO2S2/c1-9-6(8)7-5(4-11)2-3-10/h5,10-11H,2-4H2,1H3,(H,7,8). The second-order valence-corrected chi connectivity index (χ2v) is 2.84. The third-order valence-electron chi connectivity index (χ3n) is 1.21. The van der Waals surface area contributed by atoms with Crippen LogP contribution in [0.1, 0.15) is 6.42 Å². The van der Waals surface area contributed by atoms with Crippen LogP contribution in [-0.2, 0) is 4.74 Å². The molecule has 0 spiro atoms. The van der Waals surface area contributed by atoms with Gasteiger partial charge in [-0.25, -0.2) is 4.79 Å². The first kappa shape index (κ1) is 11.0. The number of nitrogens with one attached hydrogen (secondary N) is 1. The molecule has 0 fully saturated rings. The van der Waals surface area contributed by atoms with Gasteiger partial charge in [0.15, 0.2) is 0 Å². The van der Waals surface area contributed by atoms with Crippen molar-refractivity contribution in [1.29, 1.82) is 0 Å². The highest BCUT2D eigenvalue weighted by atomic mass is 32.1. The number of rotatable bonds is 4. The maximum absolute atomic E-state index is 10.7. The molecule has 5 heteroatoms. The fraction of sp³-hybridized carbons (Fsp3) is 0.833. The summed E-state index contributed by atoms with van der Waals surface area (Å²) >= 11 is 8.10. The lowest BCUT2D eigenvalue weighted by atomic mass is 10.3.